The molecule has 2 aliphatic rings. The van der Waals surface area contributed by atoms with E-state index in [0.29, 0.717) is 25.4 Å². The molecule has 1 aliphatic carbocycles. The number of hydrogen-bond donors (Lipinski definition) is 1. The second-order valence-electron chi connectivity index (χ2n) is 8.11. The zero-order valence-corrected chi connectivity index (χ0v) is 16.8. The lowest BCUT2D eigenvalue weighted by Gasteiger charge is -2.37. The van der Waals surface area contributed by atoms with Gasteiger partial charge in [0.2, 0.25) is 5.91 Å². The molecule has 6 heteroatoms. The van der Waals surface area contributed by atoms with Crippen LogP contribution >= 0.6 is 0 Å². The quantitative estimate of drug-likeness (QED) is 0.880. The van der Waals surface area contributed by atoms with Crippen LogP contribution in [-0.4, -0.2) is 53.0 Å². The smallest absolute Gasteiger partial charge is 0.239 e. The molecule has 1 aromatic heterocycles. The van der Waals surface area contributed by atoms with E-state index in [0.717, 1.165) is 37.3 Å². The lowest BCUT2D eigenvalue weighted by atomic mass is 10.0. The van der Waals surface area contributed by atoms with Crippen molar-refractivity contribution in [1.29, 1.82) is 0 Å². The molecular formula is C22H29N5O. The summed E-state index contributed by atoms with van der Waals surface area (Å²) >= 11 is 0. The Morgan fingerprint density at radius 1 is 1.25 bits per heavy atom. The third-order valence-corrected chi connectivity index (χ3v) is 6.00. The molecule has 1 saturated heterocycles. The lowest BCUT2D eigenvalue weighted by Crippen LogP contribution is -2.54. The molecule has 2 N–H and O–H groups in total. The SMILES string of the molecule is Cc1cccc(C[C@@H](N)C(=O)N2CCN(c3ncnc4c3[C@H](C)CC4)CC2)c1. The summed E-state index contributed by atoms with van der Waals surface area (Å²) in [5.41, 5.74) is 11.0. The van der Waals surface area contributed by atoms with E-state index >= 15 is 0 Å². The van der Waals surface area contributed by atoms with Gasteiger partial charge in [-0.2, -0.15) is 0 Å². The Hall–Kier alpha value is -2.47. The predicted octanol–water partition coefficient (Wildman–Crippen LogP) is 2.05. The Labute approximate surface area is 166 Å². The van der Waals surface area contributed by atoms with Gasteiger partial charge in [-0.25, -0.2) is 9.97 Å². The Kier molecular flexibility index (Phi) is 5.31. The van der Waals surface area contributed by atoms with Crippen LogP contribution in [0.2, 0.25) is 0 Å². The Morgan fingerprint density at radius 2 is 2.04 bits per heavy atom. The minimum absolute atomic E-state index is 0.0439. The summed E-state index contributed by atoms with van der Waals surface area (Å²) in [7, 11) is 0. The second-order valence-corrected chi connectivity index (χ2v) is 8.11. The third kappa shape index (κ3) is 3.74. The van der Waals surface area contributed by atoms with Crippen LogP contribution in [0, 0.1) is 6.92 Å². The summed E-state index contributed by atoms with van der Waals surface area (Å²) in [4.78, 5) is 26.1. The van der Waals surface area contributed by atoms with Crippen molar-refractivity contribution in [1.82, 2.24) is 14.9 Å². The molecule has 1 aliphatic heterocycles. The summed E-state index contributed by atoms with van der Waals surface area (Å²) in [6.07, 6.45) is 4.45. The maximum Gasteiger partial charge on any atom is 0.239 e. The van der Waals surface area contributed by atoms with E-state index in [2.05, 4.69) is 40.8 Å². The first-order chi connectivity index (χ1) is 13.5. The number of carbonyl (C=O) groups is 1. The van der Waals surface area contributed by atoms with Gasteiger partial charge in [0.1, 0.15) is 12.1 Å². The van der Waals surface area contributed by atoms with E-state index < -0.39 is 6.04 Å². The van der Waals surface area contributed by atoms with Gasteiger partial charge in [-0.3, -0.25) is 4.79 Å². The molecule has 0 spiro atoms. The average molecular weight is 380 g/mol. The van der Waals surface area contributed by atoms with Crippen molar-refractivity contribution >= 4 is 11.7 Å². The first kappa shape index (κ1) is 18.9. The Bertz CT molecular complexity index is 860. The van der Waals surface area contributed by atoms with Crippen LogP contribution in [0.4, 0.5) is 5.82 Å². The number of aromatic nitrogens is 2. The maximum atomic E-state index is 12.8. The fourth-order valence-electron chi connectivity index (χ4n) is 4.43. The number of rotatable bonds is 4. The van der Waals surface area contributed by atoms with E-state index in [-0.39, 0.29) is 5.91 Å². The summed E-state index contributed by atoms with van der Waals surface area (Å²) in [5.74, 6) is 1.61. The molecule has 1 aromatic carbocycles. The van der Waals surface area contributed by atoms with Crippen LogP contribution in [-0.2, 0) is 17.6 Å². The molecule has 0 radical (unpaired) electrons. The number of nitrogens with zero attached hydrogens (tertiary/aromatic N) is 4. The van der Waals surface area contributed by atoms with Crippen molar-refractivity contribution < 1.29 is 4.79 Å². The molecule has 2 heterocycles. The zero-order valence-electron chi connectivity index (χ0n) is 16.8. The minimum Gasteiger partial charge on any atom is -0.353 e. The van der Waals surface area contributed by atoms with E-state index in [1.54, 1.807) is 6.33 Å². The first-order valence-electron chi connectivity index (χ1n) is 10.2. The summed E-state index contributed by atoms with van der Waals surface area (Å²) in [6.45, 7) is 7.27. The second kappa shape index (κ2) is 7.87. The van der Waals surface area contributed by atoms with Gasteiger partial charge >= 0.3 is 0 Å². The van der Waals surface area contributed by atoms with Crippen molar-refractivity contribution in [2.24, 2.45) is 5.73 Å². The molecule has 1 amide bonds. The number of hydrogen-bond acceptors (Lipinski definition) is 5. The highest BCUT2D eigenvalue weighted by molar-refractivity contribution is 5.82. The molecule has 148 valence electrons. The van der Waals surface area contributed by atoms with Crippen LogP contribution in [0.3, 0.4) is 0 Å². The molecule has 0 saturated carbocycles. The van der Waals surface area contributed by atoms with Gasteiger partial charge in [0.15, 0.2) is 0 Å². The number of benzene rings is 1. The number of fused-ring (bicyclic) bond motifs is 1. The van der Waals surface area contributed by atoms with Gasteiger partial charge in [-0.15, -0.1) is 0 Å². The average Bonchev–Trinajstić information content (AvgIpc) is 3.09. The standard InChI is InChI=1S/C22H29N5O/c1-15-4-3-5-17(12-15)13-18(23)22(28)27-10-8-26(9-11-27)21-20-16(2)6-7-19(20)24-14-25-21/h3-5,12,14,16,18H,6-11,13,23H2,1-2H3/t16-,18-/m1/s1. The molecule has 0 unspecified atom stereocenters. The van der Waals surface area contributed by atoms with Gasteiger partial charge in [-0.1, -0.05) is 36.8 Å². The number of nitrogens with two attached hydrogens (primary N) is 1. The molecule has 2 aromatic rings. The van der Waals surface area contributed by atoms with Gasteiger partial charge in [0, 0.05) is 37.4 Å². The molecule has 6 nitrogen and oxygen atoms in total. The lowest BCUT2D eigenvalue weighted by molar-refractivity contribution is -0.132. The van der Waals surface area contributed by atoms with Crippen molar-refractivity contribution in [3.63, 3.8) is 0 Å². The normalized spacial score (nSPS) is 20.2. The van der Waals surface area contributed by atoms with Crippen LogP contribution < -0.4 is 10.6 Å². The molecule has 2 atom stereocenters. The molecule has 1 fully saturated rings. The fourth-order valence-corrected chi connectivity index (χ4v) is 4.43. The van der Waals surface area contributed by atoms with Gasteiger partial charge in [0.25, 0.3) is 0 Å². The summed E-state index contributed by atoms with van der Waals surface area (Å²) < 4.78 is 0. The summed E-state index contributed by atoms with van der Waals surface area (Å²) in [5, 5.41) is 0. The highest BCUT2D eigenvalue weighted by atomic mass is 16.2. The van der Waals surface area contributed by atoms with E-state index in [1.807, 2.05) is 17.0 Å². The van der Waals surface area contributed by atoms with Crippen molar-refractivity contribution in [3.8, 4) is 0 Å². The summed E-state index contributed by atoms with van der Waals surface area (Å²) in [6, 6.07) is 7.72. The monoisotopic (exact) mass is 379 g/mol. The number of piperazine rings is 1. The number of aryl methyl sites for hydroxylation is 2. The van der Waals surface area contributed by atoms with E-state index in [1.165, 1.54) is 16.8 Å². The van der Waals surface area contributed by atoms with E-state index in [9.17, 15) is 4.79 Å². The van der Waals surface area contributed by atoms with Crippen molar-refractivity contribution in [3.05, 3.63) is 53.0 Å². The predicted molar refractivity (Wildman–Crippen MR) is 110 cm³/mol. The largest absolute Gasteiger partial charge is 0.353 e. The van der Waals surface area contributed by atoms with Crippen LogP contribution in [0.15, 0.2) is 30.6 Å². The number of anilines is 1. The minimum atomic E-state index is -0.489. The Balaban J connectivity index is 1.38. The molecule has 0 bridgehead atoms. The first-order valence-corrected chi connectivity index (χ1v) is 10.2. The van der Waals surface area contributed by atoms with E-state index in [4.69, 9.17) is 5.73 Å². The van der Waals surface area contributed by atoms with Crippen LogP contribution in [0.1, 0.15) is 41.6 Å². The fraction of sp³-hybridized carbons (Fsp3) is 0.500. The zero-order chi connectivity index (χ0) is 19.7. The van der Waals surface area contributed by atoms with Gasteiger partial charge in [0.05, 0.1) is 6.04 Å². The number of amides is 1. The molecule has 4 rings (SSSR count). The topological polar surface area (TPSA) is 75.4 Å². The van der Waals surface area contributed by atoms with Crippen LogP contribution in [0.25, 0.3) is 0 Å². The van der Waals surface area contributed by atoms with Gasteiger partial charge < -0.3 is 15.5 Å². The van der Waals surface area contributed by atoms with Crippen molar-refractivity contribution in [2.75, 3.05) is 31.1 Å². The van der Waals surface area contributed by atoms with Crippen molar-refractivity contribution in [2.45, 2.75) is 45.1 Å². The Morgan fingerprint density at radius 3 is 2.79 bits per heavy atom. The maximum absolute atomic E-state index is 12.8. The molecular weight excluding hydrogens is 350 g/mol. The van der Waals surface area contributed by atoms with Crippen LogP contribution in [0.5, 0.6) is 0 Å². The van der Waals surface area contributed by atoms with Gasteiger partial charge in [-0.05, 0) is 37.7 Å². The number of carbonyl (C=O) groups excluding carboxylic acids is 1. The highest BCUT2D eigenvalue weighted by Gasteiger charge is 2.30. The third-order valence-electron chi connectivity index (χ3n) is 6.00. The molecule has 28 heavy (non-hydrogen) atoms. The highest BCUT2D eigenvalue weighted by Crippen LogP contribution is 2.37.